The van der Waals surface area contributed by atoms with Crippen LogP contribution in [0.15, 0.2) is 18.2 Å². The third-order valence-electron chi connectivity index (χ3n) is 3.49. The standard InChI is InChI=1S/C14H18ClNO3/c15-12-7-9(13(16)3-4-14(17)18)1-2-11(12)10-5-6-19-8-10/h1-2,7,10,13H,3-6,8,16H2,(H,17,18). The lowest BCUT2D eigenvalue weighted by atomic mass is 9.95. The van der Waals surface area contributed by atoms with Gasteiger partial charge in [0.2, 0.25) is 0 Å². The van der Waals surface area contributed by atoms with Crippen molar-refractivity contribution in [3.8, 4) is 0 Å². The second-order valence-electron chi connectivity index (χ2n) is 4.88. The molecule has 4 nitrogen and oxygen atoms in total. The minimum absolute atomic E-state index is 0.0665. The average Bonchev–Trinajstić information content (AvgIpc) is 2.89. The lowest BCUT2D eigenvalue weighted by Crippen LogP contribution is -2.12. The Hall–Kier alpha value is -1.10. The number of carboxylic acids is 1. The molecule has 1 aromatic rings. The summed E-state index contributed by atoms with van der Waals surface area (Å²) in [6.07, 6.45) is 1.47. The van der Waals surface area contributed by atoms with Crippen molar-refractivity contribution < 1.29 is 14.6 Å². The van der Waals surface area contributed by atoms with Crippen molar-refractivity contribution in [1.29, 1.82) is 0 Å². The Morgan fingerprint density at radius 2 is 2.37 bits per heavy atom. The highest BCUT2D eigenvalue weighted by molar-refractivity contribution is 6.31. The van der Waals surface area contributed by atoms with Gasteiger partial charge in [-0.2, -0.15) is 0 Å². The van der Waals surface area contributed by atoms with Gasteiger partial charge < -0.3 is 15.6 Å². The van der Waals surface area contributed by atoms with Gasteiger partial charge in [0, 0.05) is 30.0 Å². The van der Waals surface area contributed by atoms with Crippen molar-refractivity contribution in [2.75, 3.05) is 13.2 Å². The molecular weight excluding hydrogens is 266 g/mol. The van der Waals surface area contributed by atoms with E-state index in [1.165, 1.54) is 0 Å². The quantitative estimate of drug-likeness (QED) is 0.871. The molecule has 1 aliphatic heterocycles. The topological polar surface area (TPSA) is 72.6 Å². The van der Waals surface area contributed by atoms with E-state index in [9.17, 15) is 4.79 Å². The molecule has 0 aromatic heterocycles. The van der Waals surface area contributed by atoms with Crippen molar-refractivity contribution in [1.82, 2.24) is 0 Å². The number of aliphatic carboxylic acids is 1. The van der Waals surface area contributed by atoms with E-state index in [-0.39, 0.29) is 12.5 Å². The zero-order valence-corrected chi connectivity index (χ0v) is 11.4. The SMILES string of the molecule is NC(CCC(=O)O)c1ccc(C2CCOC2)c(Cl)c1. The summed E-state index contributed by atoms with van der Waals surface area (Å²) in [5, 5.41) is 9.35. The minimum Gasteiger partial charge on any atom is -0.481 e. The van der Waals surface area contributed by atoms with Gasteiger partial charge in [-0.3, -0.25) is 4.79 Å². The fourth-order valence-corrected chi connectivity index (χ4v) is 2.67. The molecule has 2 rings (SSSR count). The zero-order chi connectivity index (χ0) is 13.8. The van der Waals surface area contributed by atoms with Crippen molar-refractivity contribution in [2.45, 2.75) is 31.2 Å². The summed E-state index contributed by atoms with van der Waals surface area (Å²) in [6.45, 7) is 1.49. The molecule has 2 atom stereocenters. The van der Waals surface area contributed by atoms with Crippen molar-refractivity contribution >= 4 is 17.6 Å². The molecule has 2 unspecified atom stereocenters. The van der Waals surface area contributed by atoms with Gasteiger partial charge in [-0.05, 0) is 30.0 Å². The first-order chi connectivity index (χ1) is 9.08. The summed E-state index contributed by atoms with van der Waals surface area (Å²) < 4.78 is 5.36. The highest BCUT2D eigenvalue weighted by Crippen LogP contribution is 2.32. The number of benzene rings is 1. The van der Waals surface area contributed by atoms with E-state index in [1.807, 2.05) is 18.2 Å². The molecule has 104 valence electrons. The first-order valence-corrected chi connectivity index (χ1v) is 6.80. The second-order valence-corrected chi connectivity index (χ2v) is 5.29. The van der Waals surface area contributed by atoms with Gasteiger partial charge in [0.05, 0.1) is 6.61 Å². The first kappa shape index (κ1) is 14.3. The van der Waals surface area contributed by atoms with Gasteiger partial charge >= 0.3 is 5.97 Å². The number of rotatable bonds is 5. The number of hydrogen-bond acceptors (Lipinski definition) is 3. The molecule has 0 bridgehead atoms. The van der Waals surface area contributed by atoms with E-state index in [1.54, 1.807) is 0 Å². The number of carboxylic acid groups (broad SMARTS) is 1. The van der Waals surface area contributed by atoms with E-state index in [0.29, 0.717) is 24.0 Å². The van der Waals surface area contributed by atoms with Gasteiger partial charge in [-0.15, -0.1) is 0 Å². The number of carbonyl (C=O) groups is 1. The summed E-state index contributed by atoms with van der Waals surface area (Å²) in [4.78, 5) is 10.5. The minimum atomic E-state index is -0.832. The van der Waals surface area contributed by atoms with Crippen LogP contribution >= 0.6 is 11.6 Å². The second kappa shape index (κ2) is 6.37. The zero-order valence-electron chi connectivity index (χ0n) is 10.6. The maximum Gasteiger partial charge on any atom is 0.303 e. The molecule has 0 aliphatic carbocycles. The van der Waals surface area contributed by atoms with Crippen LogP contribution in [0.25, 0.3) is 0 Å². The van der Waals surface area contributed by atoms with E-state index >= 15 is 0 Å². The summed E-state index contributed by atoms with van der Waals surface area (Å²) in [6, 6.07) is 5.48. The van der Waals surface area contributed by atoms with Gasteiger partial charge in [-0.1, -0.05) is 23.7 Å². The number of hydrogen-bond donors (Lipinski definition) is 2. The number of ether oxygens (including phenoxy) is 1. The maximum atomic E-state index is 10.5. The fourth-order valence-electron chi connectivity index (χ4n) is 2.33. The van der Waals surface area contributed by atoms with Gasteiger partial charge in [0.25, 0.3) is 0 Å². The lowest BCUT2D eigenvalue weighted by molar-refractivity contribution is -0.137. The maximum absolute atomic E-state index is 10.5. The van der Waals surface area contributed by atoms with Crippen molar-refractivity contribution in [3.05, 3.63) is 34.3 Å². The van der Waals surface area contributed by atoms with Crippen LogP contribution in [0.4, 0.5) is 0 Å². The lowest BCUT2D eigenvalue weighted by Gasteiger charge is -2.15. The Balaban J connectivity index is 2.07. The predicted octanol–water partition coefficient (Wildman–Crippen LogP) is 2.71. The fraction of sp³-hybridized carbons (Fsp3) is 0.500. The molecule has 1 saturated heterocycles. The highest BCUT2D eigenvalue weighted by atomic mass is 35.5. The third-order valence-corrected chi connectivity index (χ3v) is 3.82. The molecule has 3 N–H and O–H groups in total. The Kier molecular flexibility index (Phi) is 4.80. The largest absolute Gasteiger partial charge is 0.481 e. The molecule has 0 saturated carbocycles. The Morgan fingerprint density at radius 1 is 1.58 bits per heavy atom. The van der Waals surface area contributed by atoms with Crippen LogP contribution in [0.5, 0.6) is 0 Å². The highest BCUT2D eigenvalue weighted by Gasteiger charge is 2.21. The smallest absolute Gasteiger partial charge is 0.303 e. The van der Waals surface area contributed by atoms with E-state index in [0.717, 1.165) is 24.2 Å². The van der Waals surface area contributed by atoms with Crippen molar-refractivity contribution in [3.63, 3.8) is 0 Å². The summed E-state index contributed by atoms with van der Waals surface area (Å²) in [5.74, 6) is -0.474. The molecule has 1 aliphatic rings. The molecule has 0 spiro atoms. The van der Waals surface area contributed by atoms with Crippen LogP contribution in [0, 0.1) is 0 Å². The Morgan fingerprint density at radius 3 is 2.95 bits per heavy atom. The van der Waals surface area contributed by atoms with Gasteiger partial charge in [-0.25, -0.2) is 0 Å². The molecule has 19 heavy (non-hydrogen) atoms. The van der Waals surface area contributed by atoms with Gasteiger partial charge in [0.15, 0.2) is 0 Å². The first-order valence-electron chi connectivity index (χ1n) is 6.42. The Bertz CT molecular complexity index is 458. The molecule has 5 heteroatoms. The van der Waals surface area contributed by atoms with Crippen LogP contribution in [0.3, 0.4) is 0 Å². The molecule has 0 amide bonds. The van der Waals surface area contributed by atoms with E-state index < -0.39 is 5.97 Å². The van der Waals surface area contributed by atoms with E-state index in [2.05, 4.69) is 0 Å². The molecule has 0 radical (unpaired) electrons. The van der Waals surface area contributed by atoms with Crippen LogP contribution in [0.1, 0.15) is 42.3 Å². The molecular formula is C14H18ClNO3. The number of nitrogens with two attached hydrogens (primary N) is 1. The van der Waals surface area contributed by atoms with Gasteiger partial charge in [0.1, 0.15) is 0 Å². The monoisotopic (exact) mass is 283 g/mol. The number of halogens is 1. The van der Waals surface area contributed by atoms with Crippen LogP contribution < -0.4 is 5.73 Å². The van der Waals surface area contributed by atoms with E-state index in [4.69, 9.17) is 27.2 Å². The van der Waals surface area contributed by atoms with Crippen molar-refractivity contribution in [2.24, 2.45) is 5.73 Å². The molecule has 1 heterocycles. The molecule has 1 fully saturated rings. The summed E-state index contributed by atoms with van der Waals surface area (Å²) in [7, 11) is 0. The predicted molar refractivity (Wildman–Crippen MR) is 73.4 cm³/mol. The summed E-state index contributed by atoms with van der Waals surface area (Å²) in [5.41, 5.74) is 7.94. The normalized spacial score (nSPS) is 20.4. The molecule has 1 aromatic carbocycles. The van der Waals surface area contributed by atoms with Crippen LogP contribution in [-0.2, 0) is 9.53 Å². The van der Waals surface area contributed by atoms with Crippen LogP contribution in [-0.4, -0.2) is 24.3 Å². The average molecular weight is 284 g/mol. The van der Waals surface area contributed by atoms with Crippen LogP contribution in [0.2, 0.25) is 5.02 Å². The third kappa shape index (κ3) is 3.69. The Labute approximate surface area is 117 Å². The summed E-state index contributed by atoms with van der Waals surface area (Å²) >= 11 is 6.29.